The lowest BCUT2D eigenvalue weighted by Gasteiger charge is -2.40. The van der Waals surface area contributed by atoms with Gasteiger partial charge in [0.1, 0.15) is 17.0 Å². The topological polar surface area (TPSA) is 59.1 Å². The Labute approximate surface area is 198 Å². The van der Waals surface area contributed by atoms with Crippen LogP contribution in [0.15, 0.2) is 29.3 Å². The largest absolute Gasteiger partial charge is 0.497 e. The average Bonchev–Trinajstić information content (AvgIpc) is 3.07. The number of piperidine rings is 1. The highest BCUT2D eigenvalue weighted by Crippen LogP contribution is 2.42. The number of anilines is 1. The molecule has 1 aromatic carbocycles. The van der Waals surface area contributed by atoms with Gasteiger partial charge in [-0.05, 0) is 38.2 Å². The minimum atomic E-state index is -4.47. The van der Waals surface area contributed by atoms with Crippen LogP contribution < -0.4 is 9.64 Å². The summed E-state index contributed by atoms with van der Waals surface area (Å²) in [6.07, 6.45) is -2.26. The van der Waals surface area contributed by atoms with Crippen LogP contribution in [0.4, 0.5) is 18.9 Å². The summed E-state index contributed by atoms with van der Waals surface area (Å²) in [5, 5.41) is 0. The van der Waals surface area contributed by atoms with Crippen molar-refractivity contribution in [1.29, 1.82) is 0 Å². The Kier molecular flexibility index (Phi) is 6.73. The van der Waals surface area contributed by atoms with Gasteiger partial charge >= 0.3 is 12.1 Å². The van der Waals surface area contributed by atoms with E-state index in [0.29, 0.717) is 55.4 Å². The van der Waals surface area contributed by atoms with E-state index in [4.69, 9.17) is 9.47 Å². The molecule has 184 valence electrons. The molecule has 4 rings (SSSR count). The number of esters is 1. The second-order valence-electron chi connectivity index (χ2n) is 9.36. The van der Waals surface area contributed by atoms with Crippen molar-refractivity contribution in [3.63, 3.8) is 0 Å². The molecule has 0 aromatic heterocycles. The normalized spacial score (nSPS) is 21.3. The third-order valence-electron chi connectivity index (χ3n) is 7.47. The Morgan fingerprint density at radius 2 is 1.79 bits per heavy atom. The molecule has 34 heavy (non-hydrogen) atoms. The summed E-state index contributed by atoms with van der Waals surface area (Å²) in [7, 11) is 1.34. The van der Waals surface area contributed by atoms with Crippen molar-refractivity contribution in [2.24, 2.45) is 0 Å². The average molecular weight is 478 g/mol. The first-order chi connectivity index (χ1) is 16.1. The van der Waals surface area contributed by atoms with E-state index in [9.17, 15) is 22.8 Å². The number of methoxy groups -OCH3 is 1. The quantitative estimate of drug-likeness (QED) is 0.473. The number of carbonyl (C=O) groups is 2. The number of halogens is 3. The van der Waals surface area contributed by atoms with Gasteiger partial charge < -0.3 is 24.1 Å². The Morgan fingerprint density at radius 1 is 1.15 bits per heavy atom. The van der Waals surface area contributed by atoms with Gasteiger partial charge in [-0.2, -0.15) is 13.2 Å². The summed E-state index contributed by atoms with van der Waals surface area (Å²) in [6.45, 7) is 6.80. The number of hydrogen-bond donors (Lipinski definition) is 0. The van der Waals surface area contributed by atoms with E-state index in [1.165, 1.54) is 7.11 Å². The molecular formula is C24H30BF3N2O4. The number of carbonyl (C=O) groups excluding carboxylic acids is 2. The summed E-state index contributed by atoms with van der Waals surface area (Å²) in [4.78, 5) is 30.2. The second kappa shape index (κ2) is 9.28. The molecule has 6 nitrogen and oxygen atoms in total. The van der Waals surface area contributed by atoms with Crippen molar-refractivity contribution in [3.8, 4) is 5.75 Å². The van der Waals surface area contributed by atoms with Gasteiger partial charge in [-0.3, -0.25) is 0 Å². The van der Waals surface area contributed by atoms with Gasteiger partial charge in [0.15, 0.2) is 0 Å². The molecular weight excluding hydrogens is 448 g/mol. The van der Waals surface area contributed by atoms with Crippen molar-refractivity contribution in [2.45, 2.75) is 51.1 Å². The zero-order valence-electron chi connectivity index (χ0n) is 19.8. The molecule has 2 saturated heterocycles. The summed E-state index contributed by atoms with van der Waals surface area (Å²) in [5.74, 6) is -0.271. The molecule has 0 unspecified atom stereocenters. The van der Waals surface area contributed by atoms with E-state index in [0.717, 1.165) is 31.8 Å². The van der Waals surface area contributed by atoms with Crippen molar-refractivity contribution in [1.82, 2.24) is 4.90 Å². The second-order valence-corrected chi connectivity index (χ2v) is 9.36. The van der Waals surface area contributed by atoms with Gasteiger partial charge in [0.2, 0.25) is 6.71 Å². The first-order valence-corrected chi connectivity index (χ1v) is 11.8. The zero-order chi connectivity index (χ0) is 24.7. The van der Waals surface area contributed by atoms with Gasteiger partial charge in [-0.1, -0.05) is 6.92 Å². The Hall–Kier alpha value is -2.49. The Morgan fingerprint density at radius 3 is 2.35 bits per heavy atom. The number of likely N-dealkylation sites (tertiary alicyclic amines) is 1. The van der Waals surface area contributed by atoms with Crippen molar-refractivity contribution in [2.75, 3.05) is 44.7 Å². The highest BCUT2D eigenvalue weighted by atomic mass is 19.4. The van der Waals surface area contributed by atoms with Gasteiger partial charge in [-0.15, -0.1) is 0 Å². The summed E-state index contributed by atoms with van der Waals surface area (Å²) < 4.78 is 50.8. The van der Waals surface area contributed by atoms with E-state index in [1.807, 2.05) is 4.90 Å². The van der Waals surface area contributed by atoms with Gasteiger partial charge in [0, 0.05) is 61.9 Å². The highest BCUT2D eigenvalue weighted by Gasteiger charge is 2.52. The molecule has 0 N–H and O–H groups in total. The zero-order valence-corrected chi connectivity index (χ0v) is 19.8. The minimum Gasteiger partial charge on any atom is -0.497 e. The predicted molar refractivity (Wildman–Crippen MR) is 123 cm³/mol. The van der Waals surface area contributed by atoms with Crippen molar-refractivity contribution < 1.29 is 32.2 Å². The lowest BCUT2D eigenvalue weighted by molar-refractivity contribution is -0.150. The summed E-state index contributed by atoms with van der Waals surface area (Å²) >= 11 is 0. The van der Waals surface area contributed by atoms with E-state index < -0.39 is 23.3 Å². The van der Waals surface area contributed by atoms with E-state index in [1.54, 1.807) is 13.0 Å². The van der Waals surface area contributed by atoms with Crippen LogP contribution in [0.2, 0.25) is 12.6 Å². The maximum absolute atomic E-state index is 13.6. The molecule has 10 heteroatoms. The number of ether oxygens (including phenoxy) is 2. The first-order valence-electron chi connectivity index (χ1n) is 11.8. The molecule has 1 spiro atoms. The SMILES string of the molecule is CCN1CCC2(CC1)OC(=O)C(C)=C2C(=O)B1CCN(c2cc(OC)cc(C(F)(F)F)c2)CC1. The Balaban J connectivity index is 1.49. The number of rotatable bonds is 5. The molecule has 0 amide bonds. The highest BCUT2D eigenvalue weighted by molar-refractivity contribution is 6.93. The van der Waals surface area contributed by atoms with Gasteiger partial charge in [0.25, 0.3) is 0 Å². The maximum atomic E-state index is 13.6. The molecule has 0 atom stereocenters. The number of nitrogens with zero attached hydrogens (tertiary/aromatic N) is 2. The maximum Gasteiger partial charge on any atom is 0.416 e. The smallest absolute Gasteiger partial charge is 0.416 e. The minimum absolute atomic E-state index is 0.0467. The number of benzene rings is 1. The standard InChI is InChI=1S/C24H30BF3N2O4/c1-4-29-9-5-23(6-10-29)20(16(2)22(32)34-23)21(31)25-7-11-30(12-8-25)18-13-17(24(26,27)28)14-19(15-18)33-3/h13-15H,4-12H2,1-3H3. The molecule has 0 radical (unpaired) electrons. The molecule has 2 fully saturated rings. The van der Waals surface area contributed by atoms with E-state index in [-0.39, 0.29) is 18.1 Å². The van der Waals surface area contributed by atoms with Crippen LogP contribution >= 0.6 is 0 Å². The lowest BCUT2D eigenvalue weighted by Crippen LogP contribution is -2.50. The molecule has 3 aliphatic heterocycles. The van der Waals surface area contributed by atoms with Crippen LogP contribution in [-0.2, 0) is 20.5 Å². The predicted octanol–water partition coefficient (Wildman–Crippen LogP) is 3.86. The van der Waals surface area contributed by atoms with Crippen molar-refractivity contribution in [3.05, 3.63) is 34.9 Å². The summed E-state index contributed by atoms with van der Waals surface area (Å²) in [5.41, 5.74) is -0.296. The molecule has 3 aliphatic rings. The lowest BCUT2D eigenvalue weighted by atomic mass is 9.38. The molecule has 0 bridgehead atoms. The Bertz CT molecular complexity index is 994. The van der Waals surface area contributed by atoms with E-state index >= 15 is 0 Å². The fraction of sp³-hybridized carbons (Fsp3) is 0.583. The van der Waals surface area contributed by atoms with Crippen LogP contribution in [-0.4, -0.2) is 68.7 Å². The van der Waals surface area contributed by atoms with Crippen molar-refractivity contribution >= 4 is 24.1 Å². The van der Waals surface area contributed by atoms with Gasteiger partial charge in [0.05, 0.1) is 12.7 Å². The van der Waals surface area contributed by atoms with Crippen LogP contribution in [0.1, 0.15) is 32.3 Å². The van der Waals surface area contributed by atoms with E-state index in [2.05, 4.69) is 11.8 Å². The summed E-state index contributed by atoms with van der Waals surface area (Å²) in [6, 6.07) is 3.69. The fourth-order valence-electron chi connectivity index (χ4n) is 5.39. The molecule has 0 aliphatic carbocycles. The van der Waals surface area contributed by atoms with Gasteiger partial charge in [-0.25, -0.2) is 4.79 Å². The molecule has 3 heterocycles. The number of alkyl halides is 3. The van der Waals surface area contributed by atoms with Crippen LogP contribution in [0.5, 0.6) is 5.75 Å². The first kappa shape index (κ1) is 24.6. The molecule has 0 saturated carbocycles. The monoisotopic (exact) mass is 478 g/mol. The van der Waals surface area contributed by atoms with Crippen LogP contribution in [0.3, 0.4) is 0 Å². The third kappa shape index (κ3) is 4.56. The number of hydrogen-bond acceptors (Lipinski definition) is 6. The third-order valence-corrected chi connectivity index (χ3v) is 7.47. The van der Waals surface area contributed by atoms with Crippen LogP contribution in [0.25, 0.3) is 0 Å². The van der Waals surface area contributed by atoms with Crippen LogP contribution in [0, 0.1) is 0 Å². The molecule has 1 aromatic rings. The fourth-order valence-corrected chi connectivity index (χ4v) is 5.39.